The summed E-state index contributed by atoms with van der Waals surface area (Å²) >= 11 is 9.27. The molecule has 0 bridgehead atoms. The highest BCUT2D eigenvalue weighted by atomic mass is 79.9. The second-order valence-electron chi connectivity index (χ2n) is 4.31. The molecule has 1 aromatic heterocycles. The summed E-state index contributed by atoms with van der Waals surface area (Å²) in [5.74, 6) is -0.103. The summed E-state index contributed by atoms with van der Waals surface area (Å²) in [5.41, 5.74) is 2.89. The molecule has 2 aromatic rings. The molecule has 0 fully saturated rings. The number of anilines is 1. The number of fused-ring (bicyclic) bond motifs is 1. The lowest BCUT2D eigenvalue weighted by molar-refractivity contribution is -0.115. The fraction of sp³-hybridized carbons (Fsp3) is 0.0714. The number of hydrogen-bond acceptors (Lipinski definition) is 3. The monoisotopic (exact) mass is 349 g/mol. The minimum absolute atomic E-state index is 0.103. The van der Waals surface area contributed by atoms with Gasteiger partial charge in [-0.15, -0.1) is 0 Å². The SMILES string of the molecule is O=C1CC(c2ccnc(Cl)c2)=Nc2ccc(Br)cc2N1. The molecule has 1 aliphatic rings. The Bertz CT molecular complexity index is 730. The van der Waals surface area contributed by atoms with Crippen LogP contribution in [0.25, 0.3) is 0 Å². The number of rotatable bonds is 1. The molecular formula is C14H9BrClN3O. The third-order valence-corrected chi connectivity index (χ3v) is 3.58. The Labute approximate surface area is 129 Å². The van der Waals surface area contributed by atoms with E-state index in [1.807, 2.05) is 18.2 Å². The molecule has 0 saturated heterocycles. The number of pyridine rings is 1. The van der Waals surface area contributed by atoms with Gasteiger partial charge >= 0.3 is 0 Å². The van der Waals surface area contributed by atoms with Gasteiger partial charge in [0.2, 0.25) is 5.91 Å². The van der Waals surface area contributed by atoms with Crippen LogP contribution in [0.5, 0.6) is 0 Å². The lowest BCUT2D eigenvalue weighted by Crippen LogP contribution is -2.15. The summed E-state index contributed by atoms with van der Waals surface area (Å²) in [6.45, 7) is 0. The summed E-state index contributed by atoms with van der Waals surface area (Å²) in [4.78, 5) is 20.5. The van der Waals surface area contributed by atoms with E-state index in [1.165, 1.54) is 0 Å². The minimum Gasteiger partial charge on any atom is -0.324 e. The van der Waals surface area contributed by atoms with Crippen molar-refractivity contribution in [3.05, 3.63) is 51.7 Å². The van der Waals surface area contributed by atoms with Crippen molar-refractivity contribution in [1.82, 2.24) is 4.98 Å². The Morgan fingerprint density at radius 3 is 2.90 bits per heavy atom. The zero-order chi connectivity index (χ0) is 14.1. The zero-order valence-corrected chi connectivity index (χ0v) is 12.6. The first-order valence-electron chi connectivity index (χ1n) is 5.91. The van der Waals surface area contributed by atoms with Gasteiger partial charge in [-0.05, 0) is 30.3 Å². The quantitative estimate of drug-likeness (QED) is 0.791. The molecule has 1 amide bonds. The van der Waals surface area contributed by atoms with Gasteiger partial charge in [0, 0.05) is 16.2 Å². The van der Waals surface area contributed by atoms with Crippen molar-refractivity contribution in [3.63, 3.8) is 0 Å². The van der Waals surface area contributed by atoms with Crippen LogP contribution in [0.15, 0.2) is 46.0 Å². The zero-order valence-electron chi connectivity index (χ0n) is 10.2. The number of nitrogens with one attached hydrogen (secondary N) is 1. The van der Waals surface area contributed by atoms with Crippen LogP contribution in [0.2, 0.25) is 5.15 Å². The van der Waals surface area contributed by atoms with Crippen molar-refractivity contribution in [3.8, 4) is 0 Å². The van der Waals surface area contributed by atoms with Gasteiger partial charge in [0.15, 0.2) is 0 Å². The third-order valence-electron chi connectivity index (χ3n) is 2.88. The second kappa shape index (κ2) is 5.34. The predicted octanol–water partition coefficient (Wildman–Crippen LogP) is 3.96. The first kappa shape index (κ1) is 13.3. The highest BCUT2D eigenvalue weighted by molar-refractivity contribution is 9.10. The smallest absolute Gasteiger partial charge is 0.230 e. The molecule has 0 aliphatic carbocycles. The van der Waals surface area contributed by atoms with Crippen LogP contribution in [0.3, 0.4) is 0 Å². The third kappa shape index (κ3) is 2.73. The molecule has 100 valence electrons. The largest absolute Gasteiger partial charge is 0.324 e. The van der Waals surface area contributed by atoms with Crippen LogP contribution in [-0.4, -0.2) is 16.6 Å². The number of benzene rings is 1. The highest BCUT2D eigenvalue weighted by Crippen LogP contribution is 2.31. The molecule has 1 aromatic carbocycles. The van der Waals surface area contributed by atoms with Crippen LogP contribution >= 0.6 is 27.5 Å². The molecule has 3 rings (SSSR count). The first-order chi connectivity index (χ1) is 9.61. The lowest BCUT2D eigenvalue weighted by Gasteiger charge is -2.04. The standard InChI is InChI=1S/C14H9BrClN3O/c15-9-1-2-10-12(6-9)19-14(20)7-11(18-10)8-3-4-17-13(16)5-8/h1-6H,7H2,(H,19,20). The Kier molecular flexibility index (Phi) is 3.54. The van der Waals surface area contributed by atoms with Crippen molar-refractivity contribution >= 4 is 50.5 Å². The van der Waals surface area contributed by atoms with Crippen LogP contribution in [0.1, 0.15) is 12.0 Å². The normalized spacial score (nSPS) is 14.1. The van der Waals surface area contributed by atoms with Gasteiger partial charge in [-0.1, -0.05) is 27.5 Å². The molecule has 4 nitrogen and oxygen atoms in total. The summed E-state index contributed by atoms with van der Waals surface area (Å²) in [7, 11) is 0. The number of halogens is 2. The van der Waals surface area contributed by atoms with E-state index in [9.17, 15) is 4.79 Å². The van der Waals surface area contributed by atoms with E-state index in [4.69, 9.17) is 11.6 Å². The van der Waals surface area contributed by atoms with Crippen molar-refractivity contribution in [2.24, 2.45) is 4.99 Å². The Morgan fingerprint density at radius 2 is 2.10 bits per heavy atom. The summed E-state index contributed by atoms with van der Waals surface area (Å²) in [6.07, 6.45) is 1.80. The molecular weight excluding hydrogens is 342 g/mol. The number of aromatic nitrogens is 1. The second-order valence-corrected chi connectivity index (χ2v) is 5.62. The van der Waals surface area contributed by atoms with Crippen molar-refractivity contribution in [2.45, 2.75) is 6.42 Å². The molecule has 0 spiro atoms. The van der Waals surface area contributed by atoms with Gasteiger partial charge in [-0.2, -0.15) is 0 Å². The molecule has 2 heterocycles. The van der Waals surface area contributed by atoms with Gasteiger partial charge in [-0.25, -0.2) is 4.98 Å². The highest BCUT2D eigenvalue weighted by Gasteiger charge is 2.17. The number of hydrogen-bond donors (Lipinski definition) is 1. The fourth-order valence-corrected chi connectivity index (χ4v) is 2.52. The topological polar surface area (TPSA) is 54.4 Å². The first-order valence-corrected chi connectivity index (χ1v) is 7.08. The average Bonchev–Trinajstić information content (AvgIpc) is 2.56. The molecule has 20 heavy (non-hydrogen) atoms. The Morgan fingerprint density at radius 1 is 1.25 bits per heavy atom. The maximum atomic E-state index is 12.0. The Balaban J connectivity index is 2.11. The van der Waals surface area contributed by atoms with Gasteiger partial charge in [0.25, 0.3) is 0 Å². The lowest BCUT2D eigenvalue weighted by atomic mass is 10.1. The molecule has 0 atom stereocenters. The van der Waals surface area contributed by atoms with E-state index in [0.717, 1.165) is 15.7 Å². The van der Waals surface area contributed by atoms with Crippen molar-refractivity contribution in [2.75, 3.05) is 5.32 Å². The van der Waals surface area contributed by atoms with Crippen molar-refractivity contribution < 1.29 is 4.79 Å². The van der Waals surface area contributed by atoms with E-state index in [1.54, 1.807) is 18.3 Å². The van der Waals surface area contributed by atoms with Crippen LogP contribution in [-0.2, 0) is 4.79 Å². The van der Waals surface area contributed by atoms with E-state index in [2.05, 4.69) is 31.2 Å². The molecule has 0 radical (unpaired) electrons. The van der Waals surface area contributed by atoms with E-state index < -0.39 is 0 Å². The molecule has 1 N–H and O–H groups in total. The number of carbonyl (C=O) groups excluding carboxylic acids is 1. The molecule has 6 heteroatoms. The minimum atomic E-state index is -0.103. The van der Waals surface area contributed by atoms with Crippen molar-refractivity contribution in [1.29, 1.82) is 0 Å². The van der Waals surface area contributed by atoms with E-state index >= 15 is 0 Å². The molecule has 0 saturated carbocycles. The maximum Gasteiger partial charge on any atom is 0.230 e. The number of nitrogens with zero attached hydrogens (tertiary/aromatic N) is 2. The summed E-state index contributed by atoms with van der Waals surface area (Å²) in [5, 5.41) is 3.23. The van der Waals surface area contributed by atoms with E-state index in [0.29, 0.717) is 16.6 Å². The summed E-state index contributed by atoms with van der Waals surface area (Å²) in [6, 6.07) is 9.07. The maximum absolute atomic E-state index is 12.0. The van der Waals surface area contributed by atoms with Gasteiger partial charge in [0.1, 0.15) is 5.15 Å². The van der Waals surface area contributed by atoms with Crippen LogP contribution in [0, 0.1) is 0 Å². The van der Waals surface area contributed by atoms with Crippen LogP contribution < -0.4 is 5.32 Å². The summed E-state index contributed by atoms with van der Waals surface area (Å²) < 4.78 is 0.891. The fourth-order valence-electron chi connectivity index (χ4n) is 1.99. The van der Waals surface area contributed by atoms with Gasteiger partial charge in [-0.3, -0.25) is 9.79 Å². The number of amides is 1. The molecule has 0 unspecified atom stereocenters. The average molecular weight is 351 g/mol. The van der Waals surface area contributed by atoms with Gasteiger partial charge < -0.3 is 5.32 Å². The van der Waals surface area contributed by atoms with Gasteiger partial charge in [0.05, 0.1) is 23.5 Å². The van der Waals surface area contributed by atoms with E-state index in [-0.39, 0.29) is 12.3 Å². The Hall–Kier alpha value is -1.72. The molecule has 1 aliphatic heterocycles. The van der Waals surface area contributed by atoms with Crippen LogP contribution in [0.4, 0.5) is 11.4 Å². The number of carbonyl (C=O) groups is 1. The predicted molar refractivity (Wildman–Crippen MR) is 82.8 cm³/mol. The number of aliphatic imine (C=N–C) groups is 1.